The molecule has 1 N–H and O–H groups in total. The number of carbonyl (C=O) groups is 1. The molecule has 0 aliphatic carbocycles. The Morgan fingerprint density at radius 2 is 1.86 bits per heavy atom. The molecular weight excluding hydrogens is 268 g/mol. The number of benzene rings is 1. The number of rotatable bonds is 4. The Morgan fingerprint density at radius 3 is 2.62 bits per heavy atom. The van der Waals surface area contributed by atoms with Crippen LogP contribution in [0.4, 0.5) is 0 Å². The molecule has 0 unspecified atom stereocenters. The van der Waals surface area contributed by atoms with Gasteiger partial charge >= 0.3 is 0 Å². The number of tetrazole rings is 1. The summed E-state index contributed by atoms with van der Waals surface area (Å²) in [6.45, 7) is 0.159. The minimum Gasteiger partial charge on any atom is -0.331 e. The molecule has 0 spiro atoms. The maximum atomic E-state index is 11.9. The molecule has 7 heteroatoms. The van der Waals surface area contributed by atoms with Gasteiger partial charge in [0.15, 0.2) is 0 Å². The van der Waals surface area contributed by atoms with Gasteiger partial charge in [0.2, 0.25) is 5.82 Å². The minimum atomic E-state index is -0.182. The van der Waals surface area contributed by atoms with Gasteiger partial charge in [-0.2, -0.15) is 0 Å². The summed E-state index contributed by atoms with van der Waals surface area (Å²) >= 11 is 0. The second kappa shape index (κ2) is 5.91. The maximum Gasteiger partial charge on any atom is 0.252 e. The van der Waals surface area contributed by atoms with Crippen molar-refractivity contribution in [2.75, 3.05) is 0 Å². The van der Waals surface area contributed by atoms with Crippen LogP contribution in [0.25, 0.3) is 11.4 Å². The number of aromatic nitrogens is 5. The monoisotopic (exact) mass is 280 g/mol. The van der Waals surface area contributed by atoms with Crippen molar-refractivity contribution in [1.29, 1.82) is 0 Å². The van der Waals surface area contributed by atoms with Crippen LogP contribution >= 0.6 is 0 Å². The summed E-state index contributed by atoms with van der Waals surface area (Å²) in [5, 5.41) is 14.8. The van der Waals surface area contributed by atoms with Crippen molar-refractivity contribution in [3.05, 3.63) is 60.4 Å². The fraction of sp³-hybridized carbons (Fsp3) is 0.0714. The number of hydrogen-bond donors (Lipinski definition) is 1. The van der Waals surface area contributed by atoms with Crippen LogP contribution in [0, 0.1) is 0 Å². The average Bonchev–Trinajstić information content (AvgIpc) is 3.03. The van der Waals surface area contributed by atoms with E-state index in [1.165, 1.54) is 4.80 Å². The van der Waals surface area contributed by atoms with Gasteiger partial charge in [-0.15, -0.1) is 15.0 Å². The summed E-state index contributed by atoms with van der Waals surface area (Å²) in [6.07, 6.45) is 3.32. The third kappa shape index (κ3) is 3.08. The molecule has 0 saturated carbocycles. The summed E-state index contributed by atoms with van der Waals surface area (Å²) in [5.74, 6) is 0.310. The van der Waals surface area contributed by atoms with Gasteiger partial charge < -0.3 is 5.32 Å². The summed E-state index contributed by atoms with van der Waals surface area (Å²) < 4.78 is 0. The fourth-order valence-electron chi connectivity index (χ4n) is 1.76. The van der Waals surface area contributed by atoms with Crippen molar-refractivity contribution in [1.82, 2.24) is 30.5 Å². The third-order valence-corrected chi connectivity index (χ3v) is 2.81. The summed E-state index contributed by atoms with van der Waals surface area (Å²) in [4.78, 5) is 17.1. The number of carbonyl (C=O) groups excluding carboxylic acids is 1. The molecule has 1 aromatic carbocycles. The van der Waals surface area contributed by atoms with Gasteiger partial charge in [-0.05, 0) is 29.5 Å². The number of nitrogens with one attached hydrogen (secondary N) is 1. The average molecular weight is 280 g/mol. The zero-order valence-corrected chi connectivity index (χ0v) is 11.0. The van der Waals surface area contributed by atoms with E-state index in [1.54, 1.807) is 36.7 Å². The first-order valence-electron chi connectivity index (χ1n) is 6.34. The van der Waals surface area contributed by atoms with Crippen molar-refractivity contribution in [3.63, 3.8) is 0 Å². The Morgan fingerprint density at radius 1 is 1.10 bits per heavy atom. The van der Waals surface area contributed by atoms with E-state index in [-0.39, 0.29) is 12.6 Å². The maximum absolute atomic E-state index is 11.9. The van der Waals surface area contributed by atoms with E-state index in [0.717, 1.165) is 5.56 Å². The highest BCUT2D eigenvalue weighted by Gasteiger charge is 2.07. The molecule has 2 aromatic heterocycles. The van der Waals surface area contributed by atoms with Crippen LogP contribution in [0.2, 0.25) is 0 Å². The molecule has 0 aliphatic rings. The predicted octanol–water partition coefficient (Wildman–Crippen LogP) is 1.12. The molecule has 104 valence electrons. The second-order valence-corrected chi connectivity index (χ2v) is 4.25. The van der Waals surface area contributed by atoms with Crippen LogP contribution in [0.15, 0.2) is 54.9 Å². The highest BCUT2D eigenvalue weighted by Crippen LogP contribution is 2.10. The molecule has 0 fully saturated rings. The quantitative estimate of drug-likeness (QED) is 0.774. The largest absolute Gasteiger partial charge is 0.331 e. The van der Waals surface area contributed by atoms with Crippen molar-refractivity contribution >= 4 is 5.91 Å². The standard InChI is InChI=1S/C14H12N6O/c21-14(12-4-2-1-3-5-12)16-10-20-18-13(17-19-20)11-6-8-15-9-7-11/h1-9H,10H2,(H,16,21). The van der Waals surface area contributed by atoms with Gasteiger partial charge in [0.05, 0.1) is 0 Å². The smallest absolute Gasteiger partial charge is 0.252 e. The van der Waals surface area contributed by atoms with Crippen LogP contribution in [0.5, 0.6) is 0 Å². The fourth-order valence-corrected chi connectivity index (χ4v) is 1.76. The van der Waals surface area contributed by atoms with Gasteiger partial charge in [0.1, 0.15) is 6.67 Å². The molecule has 3 aromatic rings. The van der Waals surface area contributed by atoms with Crippen LogP contribution in [-0.2, 0) is 6.67 Å². The number of nitrogens with zero attached hydrogens (tertiary/aromatic N) is 5. The lowest BCUT2D eigenvalue weighted by Crippen LogP contribution is -2.27. The lowest BCUT2D eigenvalue weighted by atomic mass is 10.2. The summed E-state index contributed by atoms with van der Waals surface area (Å²) in [6, 6.07) is 12.6. The minimum absolute atomic E-state index is 0.159. The van der Waals surface area contributed by atoms with Gasteiger partial charge in [-0.25, -0.2) is 0 Å². The van der Waals surface area contributed by atoms with Gasteiger partial charge in [0, 0.05) is 23.5 Å². The van der Waals surface area contributed by atoms with Crippen LogP contribution in [-0.4, -0.2) is 31.1 Å². The zero-order chi connectivity index (χ0) is 14.5. The topological polar surface area (TPSA) is 85.6 Å². The molecule has 21 heavy (non-hydrogen) atoms. The van der Waals surface area contributed by atoms with E-state index < -0.39 is 0 Å². The normalized spacial score (nSPS) is 10.3. The van der Waals surface area contributed by atoms with Crippen LogP contribution in [0.1, 0.15) is 10.4 Å². The van der Waals surface area contributed by atoms with Crippen LogP contribution < -0.4 is 5.32 Å². The molecule has 0 saturated heterocycles. The van der Waals surface area contributed by atoms with E-state index in [2.05, 4.69) is 25.7 Å². The van der Waals surface area contributed by atoms with E-state index in [1.807, 2.05) is 18.2 Å². The van der Waals surface area contributed by atoms with Gasteiger partial charge in [-0.1, -0.05) is 18.2 Å². The predicted molar refractivity (Wildman–Crippen MR) is 75.0 cm³/mol. The second-order valence-electron chi connectivity index (χ2n) is 4.25. The Balaban J connectivity index is 1.64. The molecule has 7 nitrogen and oxygen atoms in total. The SMILES string of the molecule is O=C(NCn1nnc(-c2ccncc2)n1)c1ccccc1. The number of hydrogen-bond acceptors (Lipinski definition) is 5. The molecular formula is C14H12N6O. The van der Waals surface area contributed by atoms with Crippen molar-refractivity contribution in [2.24, 2.45) is 0 Å². The molecule has 1 amide bonds. The highest BCUT2D eigenvalue weighted by molar-refractivity contribution is 5.93. The molecule has 0 radical (unpaired) electrons. The first kappa shape index (κ1) is 12.9. The Kier molecular flexibility index (Phi) is 3.64. The van der Waals surface area contributed by atoms with E-state index >= 15 is 0 Å². The molecule has 0 atom stereocenters. The first-order chi connectivity index (χ1) is 10.3. The Bertz CT molecular complexity index is 725. The lowest BCUT2D eigenvalue weighted by molar-refractivity contribution is 0.0937. The van der Waals surface area contributed by atoms with Crippen molar-refractivity contribution < 1.29 is 4.79 Å². The number of pyridine rings is 1. The summed E-state index contributed by atoms with van der Waals surface area (Å²) in [5.41, 5.74) is 1.41. The number of amides is 1. The lowest BCUT2D eigenvalue weighted by Gasteiger charge is -2.03. The molecule has 0 bridgehead atoms. The Labute approximate surface area is 120 Å². The third-order valence-electron chi connectivity index (χ3n) is 2.81. The first-order valence-corrected chi connectivity index (χ1v) is 6.34. The highest BCUT2D eigenvalue weighted by atomic mass is 16.1. The van der Waals surface area contributed by atoms with Crippen LogP contribution in [0.3, 0.4) is 0 Å². The summed E-state index contributed by atoms with van der Waals surface area (Å²) in [7, 11) is 0. The molecule has 3 rings (SSSR count). The van der Waals surface area contributed by atoms with Gasteiger partial charge in [-0.3, -0.25) is 9.78 Å². The van der Waals surface area contributed by atoms with E-state index in [9.17, 15) is 4.79 Å². The van der Waals surface area contributed by atoms with E-state index in [4.69, 9.17) is 0 Å². The zero-order valence-electron chi connectivity index (χ0n) is 11.0. The Hall–Kier alpha value is -3.09. The van der Waals surface area contributed by atoms with Crippen molar-refractivity contribution in [2.45, 2.75) is 6.67 Å². The van der Waals surface area contributed by atoms with Gasteiger partial charge in [0.25, 0.3) is 5.91 Å². The molecule has 2 heterocycles. The molecule has 0 aliphatic heterocycles. The van der Waals surface area contributed by atoms with Crippen molar-refractivity contribution in [3.8, 4) is 11.4 Å². The van der Waals surface area contributed by atoms with E-state index in [0.29, 0.717) is 11.4 Å².